The first-order chi connectivity index (χ1) is 12.9. The summed E-state index contributed by atoms with van der Waals surface area (Å²) in [7, 11) is 2.61. The number of fused-ring (bicyclic) bond motifs is 1. The molecule has 0 aliphatic rings. The van der Waals surface area contributed by atoms with Crippen LogP contribution in [0.25, 0.3) is 10.9 Å². The fourth-order valence-corrected chi connectivity index (χ4v) is 2.81. The van der Waals surface area contributed by atoms with Crippen LogP contribution in [0.15, 0.2) is 58.1 Å². The van der Waals surface area contributed by atoms with E-state index < -0.39 is 23.1 Å². The predicted molar refractivity (Wildman–Crippen MR) is 99.9 cm³/mol. The molecule has 1 heterocycles. The Hall–Kier alpha value is -3.68. The summed E-state index contributed by atoms with van der Waals surface area (Å²) >= 11 is 0. The van der Waals surface area contributed by atoms with Crippen LogP contribution in [-0.4, -0.2) is 28.1 Å². The molecule has 27 heavy (non-hydrogen) atoms. The number of nitrogens with one attached hydrogen (secondary N) is 1. The van der Waals surface area contributed by atoms with E-state index in [1.54, 1.807) is 42.5 Å². The highest BCUT2D eigenvalue weighted by Crippen LogP contribution is 2.16. The average Bonchev–Trinajstić information content (AvgIpc) is 2.69. The highest BCUT2D eigenvalue weighted by Gasteiger charge is 2.16. The second-order valence-corrected chi connectivity index (χ2v) is 5.84. The van der Waals surface area contributed by atoms with Crippen molar-refractivity contribution in [3.05, 3.63) is 74.9 Å². The summed E-state index contributed by atoms with van der Waals surface area (Å²) in [5.74, 6) is -1.10. The van der Waals surface area contributed by atoms with Gasteiger partial charge in [0.1, 0.15) is 6.54 Å². The Morgan fingerprint density at radius 2 is 1.70 bits per heavy atom. The van der Waals surface area contributed by atoms with Crippen LogP contribution in [0.2, 0.25) is 0 Å². The first-order valence-corrected chi connectivity index (χ1v) is 8.09. The summed E-state index contributed by atoms with van der Waals surface area (Å²) in [6.45, 7) is -0.316. The zero-order valence-electron chi connectivity index (χ0n) is 14.8. The number of benzene rings is 2. The maximum Gasteiger partial charge on any atom is 0.339 e. The number of rotatable bonds is 4. The standard InChI is InChI=1S/C19H17N3O5/c1-21-17(24)13-8-4-6-10-15(13)22(19(21)26)11-16(23)20-14-9-5-3-7-12(14)18(25)27-2/h3-10H,11H2,1-2H3,(H,20,23). The first-order valence-electron chi connectivity index (χ1n) is 8.09. The molecular formula is C19H17N3O5. The Balaban J connectivity index is 1.98. The minimum absolute atomic E-state index is 0.200. The average molecular weight is 367 g/mol. The van der Waals surface area contributed by atoms with Crippen molar-refractivity contribution in [2.45, 2.75) is 6.54 Å². The lowest BCUT2D eigenvalue weighted by Crippen LogP contribution is -2.40. The van der Waals surface area contributed by atoms with Crippen LogP contribution in [0.4, 0.5) is 5.69 Å². The monoisotopic (exact) mass is 367 g/mol. The van der Waals surface area contributed by atoms with Gasteiger partial charge in [-0.15, -0.1) is 0 Å². The lowest BCUT2D eigenvalue weighted by atomic mass is 10.2. The zero-order valence-corrected chi connectivity index (χ0v) is 14.8. The molecule has 0 bridgehead atoms. The Bertz CT molecular complexity index is 1160. The third kappa shape index (κ3) is 3.37. The van der Waals surface area contributed by atoms with Gasteiger partial charge >= 0.3 is 11.7 Å². The zero-order chi connectivity index (χ0) is 19.6. The van der Waals surface area contributed by atoms with Gasteiger partial charge in [-0.25, -0.2) is 9.59 Å². The third-order valence-corrected chi connectivity index (χ3v) is 4.16. The molecule has 1 N–H and O–H groups in total. The fourth-order valence-electron chi connectivity index (χ4n) is 2.81. The van der Waals surface area contributed by atoms with E-state index in [1.807, 2.05) is 0 Å². The minimum atomic E-state index is -0.602. The maximum atomic E-state index is 12.5. The summed E-state index contributed by atoms with van der Waals surface area (Å²) in [5, 5.41) is 2.95. The van der Waals surface area contributed by atoms with E-state index in [4.69, 9.17) is 4.74 Å². The summed E-state index contributed by atoms with van der Waals surface area (Å²) < 4.78 is 6.87. The smallest absolute Gasteiger partial charge is 0.339 e. The molecule has 0 atom stereocenters. The Labute approximate surface area is 153 Å². The van der Waals surface area contributed by atoms with Crippen molar-refractivity contribution >= 4 is 28.5 Å². The fraction of sp³-hybridized carbons (Fsp3) is 0.158. The summed E-state index contributed by atoms with van der Waals surface area (Å²) in [4.78, 5) is 49.1. The SMILES string of the molecule is COC(=O)c1ccccc1NC(=O)Cn1c(=O)n(C)c(=O)c2ccccc21. The van der Waals surface area contributed by atoms with Crippen LogP contribution >= 0.6 is 0 Å². The quantitative estimate of drug-likeness (QED) is 0.697. The first kappa shape index (κ1) is 18.1. The van der Waals surface area contributed by atoms with Gasteiger partial charge in [0.05, 0.1) is 29.3 Å². The maximum absolute atomic E-state index is 12.5. The molecule has 1 aromatic heterocycles. The topological polar surface area (TPSA) is 99.4 Å². The van der Waals surface area contributed by atoms with Crippen molar-refractivity contribution in [1.29, 1.82) is 0 Å². The van der Waals surface area contributed by atoms with Crippen molar-refractivity contribution < 1.29 is 14.3 Å². The highest BCUT2D eigenvalue weighted by atomic mass is 16.5. The molecule has 0 fully saturated rings. The Morgan fingerprint density at radius 1 is 1.04 bits per heavy atom. The van der Waals surface area contributed by atoms with Crippen molar-refractivity contribution in [2.24, 2.45) is 7.05 Å². The molecule has 0 aliphatic carbocycles. The number of esters is 1. The number of nitrogens with zero attached hydrogens (tertiary/aromatic N) is 2. The number of aromatic nitrogens is 2. The number of hydrogen-bond acceptors (Lipinski definition) is 5. The second-order valence-electron chi connectivity index (χ2n) is 5.84. The summed E-state index contributed by atoms with van der Waals surface area (Å²) in [6, 6.07) is 13.0. The van der Waals surface area contributed by atoms with Gasteiger partial charge in [-0.2, -0.15) is 0 Å². The molecule has 1 amide bonds. The van der Waals surface area contributed by atoms with Gasteiger partial charge in [-0.1, -0.05) is 24.3 Å². The lowest BCUT2D eigenvalue weighted by Gasteiger charge is -2.13. The van der Waals surface area contributed by atoms with E-state index in [9.17, 15) is 19.2 Å². The van der Waals surface area contributed by atoms with E-state index in [0.29, 0.717) is 10.9 Å². The van der Waals surface area contributed by atoms with Crippen LogP contribution in [0.1, 0.15) is 10.4 Å². The van der Waals surface area contributed by atoms with E-state index in [1.165, 1.54) is 24.8 Å². The van der Waals surface area contributed by atoms with Gasteiger partial charge in [0.2, 0.25) is 5.91 Å². The molecule has 2 aromatic carbocycles. The van der Waals surface area contributed by atoms with Crippen molar-refractivity contribution in [3.63, 3.8) is 0 Å². The normalized spacial score (nSPS) is 10.6. The number of hydrogen-bond donors (Lipinski definition) is 1. The largest absolute Gasteiger partial charge is 0.465 e. The van der Waals surface area contributed by atoms with Gasteiger partial charge in [0.25, 0.3) is 5.56 Å². The van der Waals surface area contributed by atoms with Gasteiger partial charge in [0, 0.05) is 7.05 Å². The molecule has 3 rings (SSSR count). The summed E-state index contributed by atoms with van der Waals surface area (Å²) in [6.07, 6.45) is 0. The van der Waals surface area contributed by atoms with Crippen LogP contribution in [0.5, 0.6) is 0 Å². The van der Waals surface area contributed by atoms with Gasteiger partial charge in [0.15, 0.2) is 0 Å². The van der Waals surface area contributed by atoms with E-state index in [0.717, 1.165) is 4.57 Å². The molecule has 8 heteroatoms. The molecule has 0 radical (unpaired) electrons. The molecular weight excluding hydrogens is 350 g/mol. The van der Waals surface area contributed by atoms with Crippen LogP contribution in [-0.2, 0) is 23.1 Å². The number of amides is 1. The molecule has 0 spiro atoms. The van der Waals surface area contributed by atoms with E-state index >= 15 is 0 Å². The molecule has 0 aliphatic heterocycles. The number of carbonyl (C=O) groups is 2. The third-order valence-electron chi connectivity index (χ3n) is 4.16. The van der Waals surface area contributed by atoms with Crippen molar-refractivity contribution in [2.75, 3.05) is 12.4 Å². The van der Waals surface area contributed by atoms with Gasteiger partial charge in [-0.05, 0) is 24.3 Å². The van der Waals surface area contributed by atoms with Gasteiger partial charge < -0.3 is 10.1 Å². The minimum Gasteiger partial charge on any atom is -0.465 e. The van der Waals surface area contributed by atoms with Crippen LogP contribution in [0, 0.1) is 0 Å². The molecule has 0 saturated carbocycles. The number of anilines is 1. The van der Waals surface area contributed by atoms with Crippen molar-refractivity contribution in [1.82, 2.24) is 9.13 Å². The van der Waals surface area contributed by atoms with E-state index in [2.05, 4.69) is 5.32 Å². The van der Waals surface area contributed by atoms with Gasteiger partial charge in [-0.3, -0.25) is 18.7 Å². The molecule has 0 saturated heterocycles. The number of para-hydroxylation sites is 2. The second kappa shape index (κ2) is 7.28. The van der Waals surface area contributed by atoms with Crippen LogP contribution in [0.3, 0.4) is 0 Å². The number of methoxy groups -OCH3 is 1. The van der Waals surface area contributed by atoms with Crippen LogP contribution < -0.4 is 16.6 Å². The Kier molecular flexibility index (Phi) is 4.89. The summed E-state index contributed by atoms with van der Waals surface area (Å²) in [5.41, 5.74) is -0.192. The molecule has 3 aromatic rings. The number of carbonyl (C=O) groups excluding carboxylic acids is 2. The number of ether oxygens (including phenoxy) is 1. The molecule has 138 valence electrons. The molecule has 8 nitrogen and oxygen atoms in total. The predicted octanol–water partition coefficient (Wildman–Crippen LogP) is 1.13. The Morgan fingerprint density at radius 3 is 2.44 bits per heavy atom. The van der Waals surface area contributed by atoms with Crippen molar-refractivity contribution in [3.8, 4) is 0 Å². The highest BCUT2D eigenvalue weighted by molar-refractivity contribution is 6.01. The molecule has 0 unspecified atom stereocenters. The lowest BCUT2D eigenvalue weighted by molar-refractivity contribution is -0.116. The van der Waals surface area contributed by atoms with E-state index in [-0.39, 0.29) is 17.8 Å².